The molecule has 0 saturated heterocycles. The van der Waals surface area contributed by atoms with Gasteiger partial charge in [0.25, 0.3) is 5.91 Å². The smallest absolute Gasteiger partial charge is 0.330 e. The number of carboxylic acid groups (broad SMARTS) is 1. The first-order chi connectivity index (χ1) is 10.8. The van der Waals surface area contributed by atoms with Crippen LogP contribution in [0.2, 0.25) is 5.02 Å². The minimum atomic E-state index is -1.19. The van der Waals surface area contributed by atoms with E-state index < -0.39 is 17.9 Å². The maximum absolute atomic E-state index is 12.3. The maximum atomic E-state index is 12.3. The summed E-state index contributed by atoms with van der Waals surface area (Å²) in [5, 5.41) is 14.0. The summed E-state index contributed by atoms with van der Waals surface area (Å²) in [7, 11) is 1.47. The number of thiophene rings is 1. The van der Waals surface area contributed by atoms with Gasteiger partial charge in [0.2, 0.25) is 0 Å². The van der Waals surface area contributed by atoms with Gasteiger partial charge in [-0.3, -0.25) is 4.79 Å². The van der Waals surface area contributed by atoms with E-state index in [4.69, 9.17) is 16.3 Å². The number of methoxy groups -OCH3 is 1. The van der Waals surface area contributed by atoms with Crippen LogP contribution in [0.4, 0.5) is 0 Å². The molecule has 2 N–H and O–H groups in total. The Kier molecular flexibility index (Phi) is 5.28. The number of amides is 1. The predicted octanol–water partition coefficient (Wildman–Crippen LogP) is 3.58. The van der Waals surface area contributed by atoms with Crippen LogP contribution in [0.25, 0.3) is 0 Å². The number of aryl methyl sites for hydroxylation is 1. The Labute approximate surface area is 142 Å². The van der Waals surface area contributed by atoms with E-state index in [9.17, 15) is 14.7 Å². The highest BCUT2D eigenvalue weighted by atomic mass is 35.5. The van der Waals surface area contributed by atoms with Crippen LogP contribution in [-0.2, 0) is 4.79 Å². The molecular formula is C16H16ClNO4S. The van der Waals surface area contributed by atoms with Gasteiger partial charge >= 0.3 is 5.97 Å². The molecule has 1 atom stereocenters. The van der Waals surface area contributed by atoms with Gasteiger partial charge < -0.3 is 15.2 Å². The van der Waals surface area contributed by atoms with Crippen molar-refractivity contribution in [2.75, 3.05) is 7.11 Å². The van der Waals surface area contributed by atoms with Gasteiger partial charge in [-0.2, -0.15) is 0 Å². The first-order valence-corrected chi connectivity index (χ1v) is 8.02. The number of hydrogen-bond donors (Lipinski definition) is 2. The molecule has 122 valence electrons. The molecule has 0 aliphatic rings. The molecule has 2 aromatic rings. The van der Waals surface area contributed by atoms with E-state index in [2.05, 4.69) is 5.32 Å². The van der Waals surface area contributed by atoms with Crippen LogP contribution >= 0.6 is 22.9 Å². The molecule has 1 amide bonds. The standard InChI is InChI=1S/C16H16ClNO4S/c1-8-9(2)23-7-11(8)15(19)18-14(16(20)21)10-4-5-13(22-3)12(17)6-10/h4-7,14H,1-3H3,(H,18,19)(H,20,21). The van der Waals surface area contributed by atoms with E-state index in [0.717, 1.165) is 10.4 Å². The summed E-state index contributed by atoms with van der Waals surface area (Å²) in [5.41, 5.74) is 1.71. The highest BCUT2D eigenvalue weighted by molar-refractivity contribution is 7.10. The first kappa shape index (κ1) is 17.3. The third kappa shape index (κ3) is 3.65. The summed E-state index contributed by atoms with van der Waals surface area (Å²) in [6.45, 7) is 3.75. The van der Waals surface area contributed by atoms with Crippen molar-refractivity contribution in [1.82, 2.24) is 5.32 Å². The van der Waals surface area contributed by atoms with Crippen molar-refractivity contribution in [1.29, 1.82) is 0 Å². The van der Waals surface area contributed by atoms with Crippen LogP contribution in [0, 0.1) is 13.8 Å². The number of carbonyl (C=O) groups is 2. The normalized spacial score (nSPS) is 11.8. The second kappa shape index (κ2) is 7.02. The van der Waals surface area contributed by atoms with Gasteiger partial charge in [0, 0.05) is 10.3 Å². The predicted molar refractivity (Wildman–Crippen MR) is 89.6 cm³/mol. The Bertz CT molecular complexity index is 757. The summed E-state index contributed by atoms with van der Waals surface area (Å²) < 4.78 is 5.04. The van der Waals surface area contributed by atoms with Crippen LogP contribution in [0.3, 0.4) is 0 Å². The Morgan fingerprint density at radius 2 is 2.04 bits per heavy atom. The lowest BCUT2D eigenvalue weighted by Gasteiger charge is -2.16. The minimum Gasteiger partial charge on any atom is -0.495 e. The molecule has 1 aromatic heterocycles. The summed E-state index contributed by atoms with van der Waals surface area (Å²) >= 11 is 7.48. The fourth-order valence-electron chi connectivity index (χ4n) is 2.10. The van der Waals surface area contributed by atoms with Crippen molar-refractivity contribution in [3.63, 3.8) is 0 Å². The Hall–Kier alpha value is -2.05. The summed E-state index contributed by atoms with van der Waals surface area (Å²) in [5.74, 6) is -1.15. The largest absolute Gasteiger partial charge is 0.495 e. The topological polar surface area (TPSA) is 75.6 Å². The van der Waals surface area contributed by atoms with E-state index in [1.807, 2.05) is 13.8 Å². The summed E-state index contributed by atoms with van der Waals surface area (Å²) in [4.78, 5) is 24.9. The van der Waals surface area contributed by atoms with Gasteiger partial charge in [-0.1, -0.05) is 17.7 Å². The number of aliphatic carboxylic acids is 1. The second-order valence-electron chi connectivity index (χ2n) is 4.97. The van der Waals surface area contributed by atoms with Gasteiger partial charge in [-0.15, -0.1) is 11.3 Å². The van der Waals surface area contributed by atoms with Crippen LogP contribution < -0.4 is 10.1 Å². The molecule has 0 radical (unpaired) electrons. The second-order valence-corrected chi connectivity index (χ2v) is 6.46. The molecule has 0 spiro atoms. The monoisotopic (exact) mass is 353 g/mol. The van der Waals surface area contributed by atoms with E-state index in [-0.39, 0.29) is 5.02 Å². The van der Waals surface area contributed by atoms with Gasteiger partial charge in [-0.05, 0) is 37.1 Å². The molecule has 0 saturated carbocycles. The number of ether oxygens (including phenoxy) is 1. The number of carbonyl (C=O) groups excluding carboxylic acids is 1. The van der Waals surface area contributed by atoms with Crippen molar-refractivity contribution in [2.24, 2.45) is 0 Å². The number of carboxylic acids is 1. The number of hydrogen-bond acceptors (Lipinski definition) is 4. The van der Waals surface area contributed by atoms with Crippen molar-refractivity contribution in [3.8, 4) is 5.75 Å². The zero-order valence-corrected chi connectivity index (χ0v) is 14.4. The molecule has 0 aliphatic heterocycles. The number of benzene rings is 1. The average molecular weight is 354 g/mol. The molecule has 1 heterocycles. The molecule has 23 heavy (non-hydrogen) atoms. The van der Waals surface area contributed by atoms with E-state index in [1.165, 1.54) is 24.5 Å². The van der Waals surface area contributed by atoms with Crippen LogP contribution in [0.5, 0.6) is 5.75 Å². The third-order valence-corrected chi connectivity index (χ3v) is 4.87. The number of rotatable bonds is 5. The highest BCUT2D eigenvalue weighted by Gasteiger charge is 2.25. The van der Waals surface area contributed by atoms with Gasteiger partial charge in [-0.25, -0.2) is 4.79 Å². The van der Waals surface area contributed by atoms with Crippen molar-refractivity contribution in [3.05, 3.63) is 50.2 Å². The lowest BCUT2D eigenvalue weighted by Crippen LogP contribution is -2.33. The molecule has 1 unspecified atom stereocenters. The molecular weight excluding hydrogens is 338 g/mol. The fourth-order valence-corrected chi connectivity index (χ4v) is 3.23. The van der Waals surface area contributed by atoms with E-state index in [0.29, 0.717) is 16.9 Å². The van der Waals surface area contributed by atoms with Crippen molar-refractivity contribution < 1.29 is 19.4 Å². The SMILES string of the molecule is COc1ccc(C(NC(=O)c2csc(C)c2C)C(=O)O)cc1Cl. The summed E-state index contributed by atoms with van der Waals surface area (Å²) in [6, 6.07) is 3.42. The molecule has 0 fully saturated rings. The molecule has 1 aromatic carbocycles. The molecule has 0 bridgehead atoms. The van der Waals surface area contributed by atoms with Crippen LogP contribution in [0.1, 0.15) is 32.4 Å². The van der Waals surface area contributed by atoms with Gasteiger partial charge in [0.15, 0.2) is 6.04 Å². The number of nitrogens with one attached hydrogen (secondary N) is 1. The van der Waals surface area contributed by atoms with Gasteiger partial charge in [0.05, 0.1) is 17.7 Å². The molecule has 0 aliphatic carbocycles. The van der Waals surface area contributed by atoms with Crippen molar-refractivity contribution >= 4 is 34.8 Å². The quantitative estimate of drug-likeness (QED) is 0.861. The average Bonchev–Trinajstić information content (AvgIpc) is 2.84. The fraction of sp³-hybridized carbons (Fsp3) is 0.250. The zero-order chi connectivity index (χ0) is 17.1. The zero-order valence-electron chi connectivity index (χ0n) is 12.8. The Balaban J connectivity index is 2.29. The molecule has 7 heteroatoms. The Morgan fingerprint density at radius 1 is 1.35 bits per heavy atom. The maximum Gasteiger partial charge on any atom is 0.330 e. The van der Waals surface area contributed by atoms with Gasteiger partial charge in [0.1, 0.15) is 5.75 Å². The molecule has 5 nitrogen and oxygen atoms in total. The highest BCUT2D eigenvalue weighted by Crippen LogP contribution is 2.28. The lowest BCUT2D eigenvalue weighted by molar-refractivity contribution is -0.139. The van der Waals surface area contributed by atoms with E-state index >= 15 is 0 Å². The third-order valence-electron chi connectivity index (χ3n) is 3.56. The van der Waals surface area contributed by atoms with E-state index in [1.54, 1.807) is 17.5 Å². The van der Waals surface area contributed by atoms with Crippen molar-refractivity contribution in [2.45, 2.75) is 19.9 Å². The lowest BCUT2D eigenvalue weighted by atomic mass is 10.1. The van der Waals surface area contributed by atoms with Crippen LogP contribution in [0.15, 0.2) is 23.6 Å². The Morgan fingerprint density at radius 3 is 2.52 bits per heavy atom. The minimum absolute atomic E-state index is 0.285. The summed E-state index contributed by atoms with van der Waals surface area (Å²) in [6.07, 6.45) is 0. The first-order valence-electron chi connectivity index (χ1n) is 6.77. The number of halogens is 1. The molecule has 2 rings (SSSR count). The van der Waals surface area contributed by atoms with Crippen LogP contribution in [-0.4, -0.2) is 24.1 Å².